The van der Waals surface area contributed by atoms with Crippen LogP contribution in [0.15, 0.2) is 30.6 Å². The molecule has 0 atom stereocenters. The molecule has 0 unspecified atom stereocenters. The van der Waals surface area contributed by atoms with Crippen molar-refractivity contribution in [1.29, 1.82) is 0 Å². The molecule has 4 nitrogen and oxygen atoms in total. The molecule has 0 bridgehead atoms. The molecule has 0 saturated heterocycles. The van der Waals surface area contributed by atoms with E-state index in [-0.39, 0.29) is 0 Å². The summed E-state index contributed by atoms with van der Waals surface area (Å²) in [6.07, 6.45) is 6.77. The van der Waals surface area contributed by atoms with Gasteiger partial charge in [0.2, 0.25) is 0 Å². The summed E-state index contributed by atoms with van der Waals surface area (Å²) in [5.74, 6) is 2.13. The first-order valence-corrected chi connectivity index (χ1v) is 6.81. The second-order valence-electron chi connectivity index (χ2n) is 4.87. The second kappa shape index (κ2) is 5.45. The Hall–Kier alpha value is -1.81. The Morgan fingerprint density at radius 1 is 1.32 bits per heavy atom. The molecular weight excluding hydrogens is 238 g/mol. The monoisotopic (exact) mass is 257 g/mol. The molecule has 0 spiro atoms. The topological polar surface area (TPSA) is 53.1 Å². The SMILES string of the molecule is NCCc1nccn1CCc1ccc2c(c1)CCO2. The molecule has 0 fully saturated rings. The molecule has 0 saturated carbocycles. The zero-order chi connectivity index (χ0) is 13.1. The third-order valence-corrected chi connectivity index (χ3v) is 3.56. The Morgan fingerprint density at radius 2 is 2.26 bits per heavy atom. The summed E-state index contributed by atoms with van der Waals surface area (Å²) in [7, 11) is 0. The van der Waals surface area contributed by atoms with Gasteiger partial charge in [-0.15, -0.1) is 0 Å². The number of hydrogen-bond acceptors (Lipinski definition) is 3. The molecule has 1 aliphatic rings. The minimum absolute atomic E-state index is 0.646. The summed E-state index contributed by atoms with van der Waals surface area (Å²) in [5.41, 5.74) is 8.29. The van der Waals surface area contributed by atoms with Crippen LogP contribution in [0.1, 0.15) is 17.0 Å². The molecule has 0 radical (unpaired) electrons. The summed E-state index contributed by atoms with van der Waals surface area (Å²) in [6, 6.07) is 6.51. The fourth-order valence-corrected chi connectivity index (χ4v) is 2.55. The van der Waals surface area contributed by atoms with Gasteiger partial charge in [0.05, 0.1) is 6.61 Å². The van der Waals surface area contributed by atoms with Crippen LogP contribution in [0, 0.1) is 0 Å². The van der Waals surface area contributed by atoms with Crippen LogP contribution < -0.4 is 10.5 Å². The van der Waals surface area contributed by atoms with Crippen molar-refractivity contribution in [2.24, 2.45) is 5.73 Å². The molecule has 2 N–H and O–H groups in total. The van der Waals surface area contributed by atoms with E-state index in [1.165, 1.54) is 11.1 Å². The Bertz CT molecular complexity index is 562. The largest absolute Gasteiger partial charge is 0.493 e. The van der Waals surface area contributed by atoms with E-state index in [9.17, 15) is 0 Å². The van der Waals surface area contributed by atoms with Gasteiger partial charge in [0, 0.05) is 31.8 Å². The molecule has 1 aromatic heterocycles. The van der Waals surface area contributed by atoms with E-state index < -0.39 is 0 Å². The summed E-state index contributed by atoms with van der Waals surface area (Å²) < 4.78 is 7.72. The number of benzene rings is 1. The Labute approximate surface area is 113 Å². The second-order valence-corrected chi connectivity index (χ2v) is 4.87. The van der Waals surface area contributed by atoms with Gasteiger partial charge in [0.25, 0.3) is 0 Å². The fourth-order valence-electron chi connectivity index (χ4n) is 2.55. The van der Waals surface area contributed by atoms with Crippen LogP contribution in [0.5, 0.6) is 5.75 Å². The lowest BCUT2D eigenvalue weighted by Gasteiger charge is -2.08. The average Bonchev–Trinajstić information content (AvgIpc) is 3.05. The normalized spacial score (nSPS) is 13.3. The van der Waals surface area contributed by atoms with Crippen LogP contribution in [0.2, 0.25) is 0 Å². The van der Waals surface area contributed by atoms with Crippen LogP contribution >= 0.6 is 0 Å². The molecule has 3 rings (SSSR count). The molecule has 0 amide bonds. The lowest BCUT2D eigenvalue weighted by molar-refractivity contribution is 0.357. The number of rotatable bonds is 5. The van der Waals surface area contributed by atoms with Crippen molar-refractivity contribution in [3.8, 4) is 5.75 Å². The molecule has 4 heteroatoms. The van der Waals surface area contributed by atoms with E-state index >= 15 is 0 Å². The smallest absolute Gasteiger partial charge is 0.122 e. The molecule has 2 aromatic rings. The van der Waals surface area contributed by atoms with Crippen molar-refractivity contribution < 1.29 is 4.74 Å². The Balaban J connectivity index is 1.67. The maximum Gasteiger partial charge on any atom is 0.122 e. The summed E-state index contributed by atoms with van der Waals surface area (Å²) >= 11 is 0. The van der Waals surface area contributed by atoms with Crippen molar-refractivity contribution >= 4 is 0 Å². The van der Waals surface area contributed by atoms with Gasteiger partial charge in [0.15, 0.2) is 0 Å². The summed E-state index contributed by atoms with van der Waals surface area (Å²) in [5, 5.41) is 0. The highest BCUT2D eigenvalue weighted by Gasteiger charge is 2.12. The molecule has 0 aliphatic carbocycles. The minimum atomic E-state index is 0.646. The van der Waals surface area contributed by atoms with Gasteiger partial charge in [0.1, 0.15) is 11.6 Å². The number of nitrogens with two attached hydrogens (primary N) is 1. The highest BCUT2D eigenvalue weighted by atomic mass is 16.5. The van der Waals surface area contributed by atoms with Crippen LogP contribution in [0.3, 0.4) is 0 Å². The molecule has 1 aliphatic heterocycles. The average molecular weight is 257 g/mol. The number of ether oxygens (including phenoxy) is 1. The number of nitrogens with zero attached hydrogens (tertiary/aromatic N) is 2. The van der Waals surface area contributed by atoms with Gasteiger partial charge in [-0.2, -0.15) is 0 Å². The number of aromatic nitrogens is 2. The molecular formula is C15H19N3O. The number of aryl methyl sites for hydroxylation is 2. The van der Waals surface area contributed by atoms with Crippen LogP contribution in [-0.2, 0) is 25.8 Å². The van der Waals surface area contributed by atoms with Crippen molar-refractivity contribution in [2.45, 2.75) is 25.8 Å². The predicted octanol–water partition coefficient (Wildman–Crippen LogP) is 1.56. The lowest BCUT2D eigenvalue weighted by Crippen LogP contribution is -2.11. The zero-order valence-corrected chi connectivity index (χ0v) is 11.0. The van der Waals surface area contributed by atoms with Crippen LogP contribution in [-0.4, -0.2) is 22.7 Å². The standard InChI is InChI=1S/C15H19N3O/c16-6-3-15-17-7-9-18(15)8-4-12-1-2-14-13(11-12)5-10-19-14/h1-2,7,9,11H,3-6,8,10,16H2. The van der Waals surface area contributed by atoms with E-state index in [1.807, 2.05) is 12.4 Å². The lowest BCUT2D eigenvalue weighted by atomic mass is 10.1. The quantitative estimate of drug-likeness (QED) is 0.884. The number of imidazole rings is 1. The number of fused-ring (bicyclic) bond motifs is 1. The fraction of sp³-hybridized carbons (Fsp3) is 0.400. The number of hydrogen-bond donors (Lipinski definition) is 1. The van der Waals surface area contributed by atoms with Gasteiger partial charge in [-0.1, -0.05) is 12.1 Å². The maximum atomic E-state index is 5.59. The van der Waals surface area contributed by atoms with Gasteiger partial charge in [-0.05, 0) is 30.2 Å². The third-order valence-electron chi connectivity index (χ3n) is 3.56. The Morgan fingerprint density at radius 3 is 3.16 bits per heavy atom. The van der Waals surface area contributed by atoms with E-state index in [2.05, 4.69) is 27.8 Å². The van der Waals surface area contributed by atoms with Crippen molar-refractivity contribution in [3.05, 3.63) is 47.5 Å². The van der Waals surface area contributed by atoms with Crippen molar-refractivity contribution in [1.82, 2.24) is 9.55 Å². The molecule has 19 heavy (non-hydrogen) atoms. The van der Waals surface area contributed by atoms with E-state index in [1.54, 1.807) is 0 Å². The third kappa shape index (κ3) is 2.63. The maximum absolute atomic E-state index is 5.59. The first-order valence-electron chi connectivity index (χ1n) is 6.81. The van der Waals surface area contributed by atoms with Gasteiger partial charge in [-0.25, -0.2) is 4.98 Å². The predicted molar refractivity (Wildman–Crippen MR) is 74.3 cm³/mol. The van der Waals surface area contributed by atoms with Crippen molar-refractivity contribution in [3.63, 3.8) is 0 Å². The van der Waals surface area contributed by atoms with Gasteiger partial charge >= 0.3 is 0 Å². The van der Waals surface area contributed by atoms with Gasteiger partial charge < -0.3 is 15.0 Å². The molecule has 2 heterocycles. The highest BCUT2D eigenvalue weighted by Crippen LogP contribution is 2.26. The van der Waals surface area contributed by atoms with E-state index in [0.717, 1.165) is 44.0 Å². The van der Waals surface area contributed by atoms with E-state index in [4.69, 9.17) is 10.5 Å². The summed E-state index contributed by atoms with van der Waals surface area (Å²) in [4.78, 5) is 4.34. The minimum Gasteiger partial charge on any atom is -0.493 e. The van der Waals surface area contributed by atoms with Crippen LogP contribution in [0.25, 0.3) is 0 Å². The summed E-state index contributed by atoms with van der Waals surface area (Å²) in [6.45, 7) is 2.42. The highest BCUT2D eigenvalue weighted by molar-refractivity contribution is 5.39. The van der Waals surface area contributed by atoms with Crippen LogP contribution in [0.4, 0.5) is 0 Å². The Kier molecular flexibility index (Phi) is 3.51. The van der Waals surface area contributed by atoms with Crippen molar-refractivity contribution in [2.75, 3.05) is 13.2 Å². The first kappa shape index (κ1) is 12.2. The molecule has 100 valence electrons. The van der Waals surface area contributed by atoms with E-state index in [0.29, 0.717) is 6.54 Å². The molecule has 1 aromatic carbocycles. The zero-order valence-electron chi connectivity index (χ0n) is 11.0. The first-order chi connectivity index (χ1) is 9.36. The van der Waals surface area contributed by atoms with Gasteiger partial charge in [-0.3, -0.25) is 0 Å².